The van der Waals surface area contributed by atoms with Crippen LogP contribution in [-0.4, -0.2) is 68.3 Å². The van der Waals surface area contributed by atoms with Gasteiger partial charge in [0.1, 0.15) is 12.4 Å². The van der Waals surface area contributed by atoms with Crippen molar-refractivity contribution in [3.05, 3.63) is 24.3 Å². The number of carbonyl (C=O) groups is 2. The SMILES string of the molecule is O=C1CC2(CCN(CC(=O)N3CCOc4ccccc43)CC2)OCCN1. The fourth-order valence-electron chi connectivity index (χ4n) is 4.01. The average molecular weight is 359 g/mol. The molecule has 1 aromatic carbocycles. The maximum absolute atomic E-state index is 12.8. The molecule has 0 saturated carbocycles. The van der Waals surface area contributed by atoms with Crippen molar-refractivity contribution in [3.63, 3.8) is 0 Å². The van der Waals surface area contributed by atoms with Crippen LogP contribution in [0.15, 0.2) is 24.3 Å². The van der Waals surface area contributed by atoms with E-state index in [1.807, 2.05) is 29.2 Å². The van der Waals surface area contributed by atoms with Gasteiger partial charge in [0.15, 0.2) is 0 Å². The second kappa shape index (κ2) is 7.25. The molecule has 140 valence electrons. The maximum atomic E-state index is 12.8. The number of piperidine rings is 1. The van der Waals surface area contributed by atoms with Crippen LogP contribution in [-0.2, 0) is 14.3 Å². The van der Waals surface area contributed by atoms with Gasteiger partial charge in [0.25, 0.3) is 0 Å². The van der Waals surface area contributed by atoms with E-state index in [4.69, 9.17) is 9.47 Å². The van der Waals surface area contributed by atoms with Crippen LogP contribution in [0.1, 0.15) is 19.3 Å². The number of benzene rings is 1. The van der Waals surface area contributed by atoms with Crippen molar-refractivity contribution in [2.24, 2.45) is 0 Å². The molecule has 0 aromatic heterocycles. The molecule has 0 unspecified atom stereocenters. The van der Waals surface area contributed by atoms with Gasteiger partial charge in [-0.2, -0.15) is 0 Å². The highest BCUT2D eigenvalue weighted by Crippen LogP contribution is 2.33. The van der Waals surface area contributed by atoms with Crippen LogP contribution in [0.4, 0.5) is 5.69 Å². The number of nitrogens with zero attached hydrogens (tertiary/aromatic N) is 2. The second-order valence-corrected chi connectivity index (χ2v) is 7.20. The zero-order valence-electron chi connectivity index (χ0n) is 14.9. The molecule has 3 heterocycles. The van der Waals surface area contributed by atoms with E-state index in [1.54, 1.807) is 0 Å². The molecule has 2 saturated heterocycles. The summed E-state index contributed by atoms with van der Waals surface area (Å²) in [7, 11) is 0. The lowest BCUT2D eigenvalue weighted by atomic mass is 9.87. The van der Waals surface area contributed by atoms with Gasteiger partial charge in [-0.1, -0.05) is 12.1 Å². The highest BCUT2D eigenvalue weighted by atomic mass is 16.5. The fourth-order valence-corrected chi connectivity index (χ4v) is 4.01. The van der Waals surface area contributed by atoms with Gasteiger partial charge < -0.3 is 19.7 Å². The molecule has 7 nitrogen and oxygen atoms in total. The Morgan fingerprint density at radius 3 is 2.81 bits per heavy atom. The third kappa shape index (κ3) is 3.54. The summed E-state index contributed by atoms with van der Waals surface area (Å²) >= 11 is 0. The molecule has 4 rings (SSSR count). The largest absolute Gasteiger partial charge is 0.490 e. The molecule has 3 aliphatic heterocycles. The summed E-state index contributed by atoms with van der Waals surface area (Å²) < 4.78 is 11.6. The average Bonchev–Trinajstić information content (AvgIpc) is 2.84. The standard InChI is InChI=1S/C19H25N3O4/c23-17-13-19(26-11-7-20-17)5-8-21(9-6-19)14-18(24)22-10-12-25-16-4-2-1-3-15(16)22/h1-4H,5-14H2,(H,20,23). The summed E-state index contributed by atoms with van der Waals surface area (Å²) in [6.07, 6.45) is 1.99. The third-order valence-corrected chi connectivity index (χ3v) is 5.47. The van der Waals surface area contributed by atoms with Crippen LogP contribution in [0.2, 0.25) is 0 Å². The first kappa shape index (κ1) is 17.3. The lowest BCUT2D eigenvalue weighted by Crippen LogP contribution is -2.50. The maximum Gasteiger partial charge on any atom is 0.241 e. The van der Waals surface area contributed by atoms with E-state index in [-0.39, 0.29) is 17.4 Å². The molecule has 1 spiro atoms. The molecular formula is C19H25N3O4. The zero-order valence-corrected chi connectivity index (χ0v) is 14.9. The molecule has 3 aliphatic rings. The molecule has 7 heteroatoms. The summed E-state index contributed by atoms with van der Waals surface area (Å²) in [6, 6.07) is 7.66. The van der Waals surface area contributed by atoms with Gasteiger partial charge in [-0.25, -0.2) is 0 Å². The lowest BCUT2D eigenvalue weighted by molar-refractivity contribution is -0.130. The van der Waals surface area contributed by atoms with E-state index in [1.165, 1.54) is 0 Å². The first-order chi connectivity index (χ1) is 12.7. The summed E-state index contributed by atoms with van der Waals surface area (Å²) in [4.78, 5) is 28.7. The number of ether oxygens (including phenoxy) is 2. The van der Waals surface area contributed by atoms with Crippen LogP contribution >= 0.6 is 0 Å². The molecule has 26 heavy (non-hydrogen) atoms. The van der Waals surface area contributed by atoms with Crippen molar-refractivity contribution >= 4 is 17.5 Å². The molecule has 1 aromatic rings. The number of carbonyl (C=O) groups excluding carboxylic acids is 2. The Morgan fingerprint density at radius 2 is 1.96 bits per heavy atom. The molecule has 0 radical (unpaired) electrons. The Labute approximate surface area is 153 Å². The number of hydrogen-bond donors (Lipinski definition) is 1. The van der Waals surface area contributed by atoms with Crippen LogP contribution in [0.3, 0.4) is 0 Å². The third-order valence-electron chi connectivity index (χ3n) is 5.47. The Bertz CT molecular complexity index is 685. The number of amides is 2. The van der Waals surface area contributed by atoms with Crippen molar-refractivity contribution in [1.29, 1.82) is 0 Å². The summed E-state index contributed by atoms with van der Waals surface area (Å²) in [6.45, 7) is 4.17. The Morgan fingerprint density at radius 1 is 1.15 bits per heavy atom. The molecule has 0 atom stereocenters. The molecule has 0 aliphatic carbocycles. The van der Waals surface area contributed by atoms with Gasteiger partial charge in [-0.3, -0.25) is 14.5 Å². The van der Waals surface area contributed by atoms with Gasteiger partial charge in [0.2, 0.25) is 11.8 Å². The summed E-state index contributed by atoms with van der Waals surface area (Å²) in [5, 5.41) is 2.86. The van der Waals surface area contributed by atoms with E-state index in [2.05, 4.69) is 10.2 Å². The minimum Gasteiger partial charge on any atom is -0.490 e. The normalized spacial score (nSPS) is 22.9. The van der Waals surface area contributed by atoms with Crippen molar-refractivity contribution in [3.8, 4) is 5.75 Å². The second-order valence-electron chi connectivity index (χ2n) is 7.20. The monoisotopic (exact) mass is 359 g/mol. The number of hydrogen-bond acceptors (Lipinski definition) is 5. The van der Waals surface area contributed by atoms with E-state index in [0.717, 1.165) is 37.4 Å². The Kier molecular flexibility index (Phi) is 4.82. The van der Waals surface area contributed by atoms with Gasteiger partial charge in [-0.05, 0) is 25.0 Å². The number of fused-ring (bicyclic) bond motifs is 1. The smallest absolute Gasteiger partial charge is 0.241 e. The van der Waals surface area contributed by atoms with Gasteiger partial charge in [0, 0.05) is 19.6 Å². The topological polar surface area (TPSA) is 71.1 Å². The Hall–Kier alpha value is -2.12. The van der Waals surface area contributed by atoms with Crippen molar-refractivity contribution in [2.75, 3.05) is 50.8 Å². The summed E-state index contributed by atoms with van der Waals surface area (Å²) in [5.41, 5.74) is 0.493. The van der Waals surface area contributed by atoms with Crippen molar-refractivity contribution in [1.82, 2.24) is 10.2 Å². The number of anilines is 1. The van der Waals surface area contributed by atoms with Crippen molar-refractivity contribution < 1.29 is 19.1 Å². The fraction of sp³-hybridized carbons (Fsp3) is 0.579. The highest BCUT2D eigenvalue weighted by Gasteiger charge is 2.39. The van der Waals surface area contributed by atoms with Crippen LogP contribution in [0, 0.1) is 0 Å². The van der Waals surface area contributed by atoms with E-state index < -0.39 is 0 Å². The first-order valence-electron chi connectivity index (χ1n) is 9.30. The molecule has 2 fully saturated rings. The predicted molar refractivity (Wildman–Crippen MR) is 96.3 cm³/mol. The molecule has 2 amide bonds. The molecule has 1 N–H and O–H groups in total. The molecular weight excluding hydrogens is 334 g/mol. The number of nitrogens with one attached hydrogen (secondary N) is 1. The van der Waals surface area contributed by atoms with E-state index >= 15 is 0 Å². The van der Waals surface area contributed by atoms with Gasteiger partial charge >= 0.3 is 0 Å². The quantitative estimate of drug-likeness (QED) is 0.845. The van der Waals surface area contributed by atoms with Gasteiger partial charge in [0.05, 0.1) is 37.4 Å². The minimum absolute atomic E-state index is 0.0666. The number of para-hydroxylation sites is 2. The zero-order chi connectivity index (χ0) is 18.0. The minimum atomic E-state index is -0.355. The predicted octanol–water partition coefficient (Wildman–Crippen LogP) is 0.783. The number of likely N-dealkylation sites (tertiary alicyclic amines) is 1. The van der Waals surface area contributed by atoms with Crippen LogP contribution in [0.25, 0.3) is 0 Å². The van der Waals surface area contributed by atoms with Gasteiger partial charge in [-0.15, -0.1) is 0 Å². The summed E-state index contributed by atoms with van der Waals surface area (Å²) in [5.74, 6) is 0.927. The van der Waals surface area contributed by atoms with E-state index in [0.29, 0.717) is 39.3 Å². The lowest BCUT2D eigenvalue weighted by Gasteiger charge is -2.40. The Balaban J connectivity index is 1.36. The van der Waals surface area contributed by atoms with Crippen LogP contribution < -0.4 is 15.0 Å². The highest BCUT2D eigenvalue weighted by molar-refractivity contribution is 5.96. The van der Waals surface area contributed by atoms with Crippen molar-refractivity contribution in [2.45, 2.75) is 24.9 Å². The molecule has 0 bridgehead atoms. The van der Waals surface area contributed by atoms with E-state index in [9.17, 15) is 9.59 Å². The van der Waals surface area contributed by atoms with Crippen LogP contribution in [0.5, 0.6) is 5.75 Å². The number of rotatable bonds is 2. The first-order valence-corrected chi connectivity index (χ1v) is 9.30.